The van der Waals surface area contributed by atoms with Crippen LogP contribution in [0.3, 0.4) is 0 Å². The molecule has 256 valence electrons. The average molecular weight is 684 g/mol. The van der Waals surface area contributed by atoms with Gasteiger partial charge in [0.15, 0.2) is 12.3 Å². The van der Waals surface area contributed by atoms with Crippen molar-refractivity contribution in [2.75, 3.05) is 13.2 Å². The number of fused-ring (bicyclic) bond motifs is 1. The van der Waals surface area contributed by atoms with Crippen LogP contribution in [-0.4, -0.2) is 65.7 Å². The van der Waals surface area contributed by atoms with Gasteiger partial charge in [-0.2, -0.15) is 0 Å². The molecular weight excluding hydrogens is 643 g/mol. The van der Waals surface area contributed by atoms with Crippen LogP contribution >= 0.6 is 0 Å². The standard InChI is InChI=1S/C37H41N3O8Si/c1-25-21-39(34(43)38-32(25)42)33-30(47-26(2)41)31-37(48-33,23-40(31)35(44)45-22-27-15-9-6-10-16-27)24-46-49(36(3,4)5,28-17-11-7-12-18-28)29-19-13-8-14-20-29/h6-21,30-31,33H,22-24H2,1-5H3,(H,38,42,43)/t30-,31+,33-,37-/m1/s1. The van der Waals surface area contributed by atoms with Crippen LogP contribution in [0, 0.1) is 6.92 Å². The maximum absolute atomic E-state index is 13.7. The average Bonchev–Trinajstić information content (AvgIpc) is 3.29. The molecule has 0 aliphatic carbocycles. The Hall–Kier alpha value is -4.78. The molecule has 3 heterocycles. The van der Waals surface area contributed by atoms with E-state index in [1.165, 1.54) is 22.6 Å². The van der Waals surface area contributed by atoms with Gasteiger partial charge < -0.3 is 18.6 Å². The van der Waals surface area contributed by atoms with Crippen LogP contribution in [0.4, 0.5) is 4.79 Å². The number of aryl methyl sites for hydroxylation is 1. The molecule has 0 unspecified atom stereocenters. The number of aromatic amines is 1. The minimum absolute atomic E-state index is 0.0127. The summed E-state index contributed by atoms with van der Waals surface area (Å²) in [5.41, 5.74) is -1.40. The summed E-state index contributed by atoms with van der Waals surface area (Å²) >= 11 is 0. The molecule has 1 N–H and O–H groups in total. The molecule has 3 aromatic carbocycles. The van der Waals surface area contributed by atoms with Gasteiger partial charge in [0.25, 0.3) is 13.9 Å². The number of benzene rings is 3. The van der Waals surface area contributed by atoms with Gasteiger partial charge in [-0.3, -0.25) is 24.0 Å². The number of esters is 1. The number of likely N-dealkylation sites (tertiary alicyclic amines) is 1. The number of nitrogens with one attached hydrogen (secondary N) is 1. The molecule has 4 aromatic rings. The van der Waals surface area contributed by atoms with E-state index < -0.39 is 55.6 Å². The SMILES string of the molecule is CC(=O)O[C@H]1[C@H](n2cc(C)c(=O)[nH]c2=O)O[C@@]2(CO[Si](c3ccccc3)(c3ccccc3)C(C)(C)C)CN(C(=O)OCc3ccccc3)[C@@H]12. The zero-order valence-electron chi connectivity index (χ0n) is 28.3. The van der Waals surface area contributed by atoms with Crippen LogP contribution in [0.25, 0.3) is 0 Å². The number of carbonyl (C=O) groups excluding carboxylic acids is 2. The molecule has 2 fully saturated rings. The van der Waals surface area contributed by atoms with Crippen molar-refractivity contribution in [3.8, 4) is 0 Å². The van der Waals surface area contributed by atoms with Crippen LogP contribution in [0.1, 0.15) is 45.0 Å². The van der Waals surface area contributed by atoms with E-state index in [0.717, 1.165) is 15.9 Å². The maximum Gasteiger partial charge on any atom is 0.410 e. The largest absolute Gasteiger partial charge is 0.455 e. The molecule has 0 saturated carbocycles. The summed E-state index contributed by atoms with van der Waals surface area (Å²) in [5, 5.41) is 1.75. The molecule has 0 spiro atoms. The Labute approximate surface area is 285 Å². The Balaban J connectivity index is 1.43. The van der Waals surface area contributed by atoms with Crippen molar-refractivity contribution in [2.45, 2.75) is 70.2 Å². The highest BCUT2D eigenvalue weighted by Crippen LogP contribution is 2.50. The fraction of sp³-hybridized carbons (Fsp3) is 0.351. The first kappa shape index (κ1) is 34.1. The van der Waals surface area contributed by atoms with E-state index in [4.69, 9.17) is 18.6 Å². The summed E-state index contributed by atoms with van der Waals surface area (Å²) in [6, 6.07) is 28.7. The van der Waals surface area contributed by atoms with Crippen molar-refractivity contribution < 1.29 is 28.2 Å². The van der Waals surface area contributed by atoms with Gasteiger partial charge in [-0.1, -0.05) is 112 Å². The van der Waals surface area contributed by atoms with Crippen LogP contribution in [0.5, 0.6) is 0 Å². The van der Waals surface area contributed by atoms with Crippen LogP contribution in [0.15, 0.2) is 107 Å². The maximum atomic E-state index is 13.7. The Kier molecular flexibility index (Phi) is 9.23. The van der Waals surface area contributed by atoms with E-state index in [0.29, 0.717) is 0 Å². The Morgan fingerprint density at radius 2 is 1.51 bits per heavy atom. The van der Waals surface area contributed by atoms with E-state index in [-0.39, 0.29) is 30.4 Å². The van der Waals surface area contributed by atoms with E-state index in [1.807, 2.05) is 66.7 Å². The number of rotatable bonds is 9. The molecule has 4 atom stereocenters. The van der Waals surface area contributed by atoms with Gasteiger partial charge in [0, 0.05) is 18.7 Å². The second-order valence-electron chi connectivity index (χ2n) is 13.7. The predicted molar refractivity (Wildman–Crippen MR) is 185 cm³/mol. The number of ether oxygens (including phenoxy) is 3. The van der Waals surface area contributed by atoms with Gasteiger partial charge in [0.05, 0.1) is 13.2 Å². The van der Waals surface area contributed by atoms with Crippen molar-refractivity contribution in [1.29, 1.82) is 0 Å². The lowest BCUT2D eigenvalue weighted by Gasteiger charge is -2.53. The number of aromatic nitrogens is 2. The summed E-state index contributed by atoms with van der Waals surface area (Å²) in [6.07, 6.45) is -1.55. The normalized spacial score (nSPS) is 21.8. The highest BCUT2D eigenvalue weighted by Gasteiger charge is 2.70. The molecule has 2 aliphatic rings. The molecule has 2 aliphatic heterocycles. The summed E-state index contributed by atoms with van der Waals surface area (Å²) in [6.45, 7) is 9.39. The van der Waals surface area contributed by atoms with E-state index >= 15 is 0 Å². The number of H-pyrrole nitrogens is 1. The molecule has 1 aromatic heterocycles. The quantitative estimate of drug-likeness (QED) is 0.209. The van der Waals surface area contributed by atoms with Crippen molar-refractivity contribution in [3.05, 3.63) is 129 Å². The monoisotopic (exact) mass is 683 g/mol. The van der Waals surface area contributed by atoms with Gasteiger partial charge in [-0.25, -0.2) is 9.59 Å². The van der Waals surface area contributed by atoms with E-state index in [9.17, 15) is 19.2 Å². The van der Waals surface area contributed by atoms with Gasteiger partial charge in [-0.05, 0) is 27.9 Å². The summed E-state index contributed by atoms with van der Waals surface area (Å²) < 4.78 is 26.8. The van der Waals surface area contributed by atoms with Gasteiger partial charge in [0.2, 0.25) is 0 Å². The van der Waals surface area contributed by atoms with Crippen molar-refractivity contribution in [2.24, 2.45) is 0 Å². The molecule has 0 bridgehead atoms. The molecule has 2 saturated heterocycles. The molecular formula is C37H41N3O8Si. The highest BCUT2D eigenvalue weighted by molar-refractivity contribution is 6.99. The fourth-order valence-corrected chi connectivity index (χ4v) is 11.8. The first-order chi connectivity index (χ1) is 23.4. The summed E-state index contributed by atoms with van der Waals surface area (Å²) in [5.74, 6) is -0.624. The number of hydrogen-bond acceptors (Lipinski definition) is 8. The van der Waals surface area contributed by atoms with Gasteiger partial charge in [-0.15, -0.1) is 0 Å². The van der Waals surface area contributed by atoms with Crippen LogP contribution in [0.2, 0.25) is 5.04 Å². The van der Waals surface area contributed by atoms with E-state index in [2.05, 4.69) is 50.0 Å². The number of carbonyl (C=O) groups is 2. The zero-order chi connectivity index (χ0) is 35.0. The Morgan fingerprint density at radius 3 is 2.06 bits per heavy atom. The lowest BCUT2D eigenvalue weighted by atomic mass is 9.83. The van der Waals surface area contributed by atoms with Crippen LogP contribution < -0.4 is 21.6 Å². The number of nitrogens with zero attached hydrogens (tertiary/aromatic N) is 2. The van der Waals surface area contributed by atoms with Gasteiger partial charge >= 0.3 is 17.8 Å². The van der Waals surface area contributed by atoms with Crippen molar-refractivity contribution >= 4 is 30.8 Å². The summed E-state index contributed by atoms with van der Waals surface area (Å²) in [7, 11) is -3.09. The Bertz CT molecular complexity index is 1890. The molecule has 6 rings (SSSR count). The first-order valence-electron chi connectivity index (χ1n) is 16.3. The number of hydrogen-bond donors (Lipinski definition) is 1. The molecule has 11 nitrogen and oxygen atoms in total. The number of amides is 1. The second kappa shape index (κ2) is 13.3. The first-order valence-corrected chi connectivity index (χ1v) is 18.2. The van der Waals surface area contributed by atoms with Crippen molar-refractivity contribution in [1.82, 2.24) is 14.5 Å². The minimum Gasteiger partial charge on any atom is -0.455 e. The molecule has 1 amide bonds. The highest BCUT2D eigenvalue weighted by atomic mass is 28.4. The molecule has 12 heteroatoms. The molecule has 49 heavy (non-hydrogen) atoms. The van der Waals surface area contributed by atoms with E-state index in [1.54, 1.807) is 6.92 Å². The minimum atomic E-state index is -3.09. The second-order valence-corrected chi connectivity index (χ2v) is 18.0. The summed E-state index contributed by atoms with van der Waals surface area (Å²) in [4.78, 5) is 55.6. The van der Waals surface area contributed by atoms with Crippen LogP contribution in [-0.2, 0) is 30.0 Å². The predicted octanol–water partition coefficient (Wildman–Crippen LogP) is 3.64. The fourth-order valence-electron chi connectivity index (χ4n) is 7.14. The third-order valence-electron chi connectivity index (χ3n) is 9.37. The topological polar surface area (TPSA) is 129 Å². The third-order valence-corrected chi connectivity index (χ3v) is 14.4. The lowest BCUT2D eigenvalue weighted by Crippen LogP contribution is -2.76. The lowest BCUT2D eigenvalue weighted by molar-refractivity contribution is -0.170. The van der Waals surface area contributed by atoms with Crippen molar-refractivity contribution in [3.63, 3.8) is 0 Å². The smallest absolute Gasteiger partial charge is 0.410 e. The zero-order valence-corrected chi connectivity index (χ0v) is 29.3. The Morgan fingerprint density at radius 1 is 0.939 bits per heavy atom. The molecule has 0 radical (unpaired) electrons. The third kappa shape index (κ3) is 6.27. The van der Waals surface area contributed by atoms with Gasteiger partial charge in [0.1, 0.15) is 18.2 Å².